The lowest BCUT2D eigenvalue weighted by molar-refractivity contribution is 1.29. The maximum absolute atomic E-state index is 2.93. The molecule has 0 saturated heterocycles. The molecule has 10 aromatic carbocycles. The molecule has 0 aromatic heterocycles. The Hall–Kier alpha value is -7.46. The average molecular weight is 771 g/mol. The van der Waals surface area contributed by atoms with E-state index in [-0.39, 0.29) is 0 Å². The second-order valence-electron chi connectivity index (χ2n) is 15.0. The first kappa shape index (κ1) is 35.9. The summed E-state index contributed by atoms with van der Waals surface area (Å²) in [5.74, 6) is 0. The molecule has 0 bridgehead atoms. The standard InChI is InChI=1S/C56H42N2Si/c1-5-23-46(24-6-1)57(50-36-35-43-19-13-14-21-45(43)41-50)48-37-39-53(40-38-48)59(51-28-9-3-10-29-51,52-30-11-4-12-31-52)54-32-18-27-49(42-54)58(47-25-7-2-8-26-47)56-34-17-22-44-20-15-16-33-55(44)56/h1-42H. The molecule has 0 saturated carbocycles. The Morgan fingerprint density at radius 1 is 0.237 bits per heavy atom. The molecule has 10 rings (SSSR count). The van der Waals surface area contributed by atoms with Crippen LogP contribution in [0.4, 0.5) is 34.1 Å². The van der Waals surface area contributed by atoms with Gasteiger partial charge in [-0.1, -0.05) is 188 Å². The fraction of sp³-hybridized carbons (Fsp3) is 0. The van der Waals surface area contributed by atoms with E-state index in [2.05, 4.69) is 265 Å². The second-order valence-corrected chi connectivity index (χ2v) is 18.8. The minimum absolute atomic E-state index is 1.11. The van der Waals surface area contributed by atoms with Crippen molar-refractivity contribution in [3.05, 3.63) is 255 Å². The summed E-state index contributed by atoms with van der Waals surface area (Å²) in [7, 11) is -2.93. The Morgan fingerprint density at radius 2 is 0.661 bits per heavy atom. The zero-order valence-corrected chi connectivity index (χ0v) is 33.6. The van der Waals surface area contributed by atoms with Crippen LogP contribution in [-0.2, 0) is 0 Å². The van der Waals surface area contributed by atoms with Crippen LogP contribution in [0.5, 0.6) is 0 Å². The summed E-state index contributed by atoms with van der Waals surface area (Å²) in [5, 5.41) is 10.2. The Bertz CT molecular complexity index is 2940. The van der Waals surface area contributed by atoms with Gasteiger partial charge in [0.1, 0.15) is 0 Å². The molecule has 10 aromatic rings. The monoisotopic (exact) mass is 770 g/mol. The molecule has 0 amide bonds. The Balaban J connectivity index is 1.18. The number of anilines is 6. The number of para-hydroxylation sites is 2. The minimum atomic E-state index is -2.93. The van der Waals surface area contributed by atoms with Gasteiger partial charge in [0.25, 0.3) is 0 Å². The molecule has 0 aliphatic rings. The zero-order chi connectivity index (χ0) is 39.4. The largest absolute Gasteiger partial charge is 0.310 e. The van der Waals surface area contributed by atoms with Crippen molar-refractivity contribution in [2.24, 2.45) is 0 Å². The predicted octanol–water partition coefficient (Wildman–Crippen LogP) is 12.3. The summed E-state index contributed by atoms with van der Waals surface area (Å²) in [6.07, 6.45) is 0. The van der Waals surface area contributed by atoms with Gasteiger partial charge in [0.15, 0.2) is 8.07 Å². The Kier molecular flexibility index (Phi) is 9.63. The summed E-state index contributed by atoms with van der Waals surface area (Å²) in [6.45, 7) is 0. The van der Waals surface area contributed by atoms with Crippen molar-refractivity contribution in [1.82, 2.24) is 0 Å². The van der Waals surface area contributed by atoms with E-state index in [9.17, 15) is 0 Å². The summed E-state index contributed by atoms with van der Waals surface area (Å²) >= 11 is 0. The van der Waals surface area contributed by atoms with Crippen molar-refractivity contribution < 1.29 is 0 Å². The molecule has 0 radical (unpaired) electrons. The van der Waals surface area contributed by atoms with Crippen LogP contribution in [0.1, 0.15) is 0 Å². The van der Waals surface area contributed by atoms with Gasteiger partial charge in [-0.05, 0) is 104 Å². The molecule has 280 valence electrons. The van der Waals surface area contributed by atoms with Gasteiger partial charge in [0.2, 0.25) is 0 Å². The Labute approximate surface area is 347 Å². The fourth-order valence-electron chi connectivity index (χ4n) is 8.86. The lowest BCUT2D eigenvalue weighted by Crippen LogP contribution is -2.74. The maximum Gasteiger partial charge on any atom is 0.179 e. The lowest BCUT2D eigenvalue weighted by atomic mass is 10.1. The van der Waals surface area contributed by atoms with Gasteiger partial charge in [-0.2, -0.15) is 0 Å². The summed E-state index contributed by atoms with van der Waals surface area (Å²) in [5.41, 5.74) is 6.74. The highest BCUT2D eigenvalue weighted by atomic mass is 28.3. The summed E-state index contributed by atoms with van der Waals surface area (Å²) < 4.78 is 0. The molecule has 0 N–H and O–H groups in total. The molecule has 0 aliphatic carbocycles. The third-order valence-electron chi connectivity index (χ3n) is 11.5. The van der Waals surface area contributed by atoms with Crippen LogP contribution in [0, 0.1) is 0 Å². The highest BCUT2D eigenvalue weighted by molar-refractivity contribution is 7.19. The first-order chi connectivity index (χ1) is 29.3. The van der Waals surface area contributed by atoms with E-state index in [1.807, 2.05) is 0 Å². The van der Waals surface area contributed by atoms with Crippen molar-refractivity contribution >= 4 is 84.5 Å². The molecule has 2 nitrogen and oxygen atoms in total. The third-order valence-corrected chi connectivity index (χ3v) is 16.3. The van der Waals surface area contributed by atoms with Crippen LogP contribution < -0.4 is 30.5 Å². The first-order valence-corrected chi connectivity index (χ1v) is 22.3. The molecular weight excluding hydrogens is 729 g/mol. The van der Waals surface area contributed by atoms with E-state index in [4.69, 9.17) is 0 Å². The lowest BCUT2D eigenvalue weighted by Gasteiger charge is -2.36. The number of hydrogen-bond donors (Lipinski definition) is 0. The SMILES string of the molecule is c1ccc(N(c2ccc([Si](c3ccccc3)(c3ccccc3)c3cccc(N(c4ccccc4)c4cccc5ccccc45)c3)cc2)c2ccc3ccccc3c2)cc1. The molecular formula is C56H42N2Si. The average Bonchev–Trinajstić information content (AvgIpc) is 3.32. The summed E-state index contributed by atoms with van der Waals surface area (Å²) in [4.78, 5) is 4.79. The number of rotatable bonds is 10. The van der Waals surface area contributed by atoms with Crippen LogP contribution in [0.15, 0.2) is 255 Å². The van der Waals surface area contributed by atoms with E-state index in [0.717, 1.165) is 34.1 Å². The van der Waals surface area contributed by atoms with E-state index in [1.165, 1.54) is 42.3 Å². The van der Waals surface area contributed by atoms with Gasteiger partial charge in [0, 0.05) is 33.8 Å². The molecule has 0 atom stereocenters. The highest BCUT2D eigenvalue weighted by Crippen LogP contribution is 2.39. The van der Waals surface area contributed by atoms with E-state index in [0.29, 0.717) is 0 Å². The number of fused-ring (bicyclic) bond motifs is 2. The van der Waals surface area contributed by atoms with Gasteiger partial charge in [-0.25, -0.2) is 0 Å². The van der Waals surface area contributed by atoms with Crippen molar-refractivity contribution in [1.29, 1.82) is 0 Å². The van der Waals surface area contributed by atoms with Crippen LogP contribution in [0.2, 0.25) is 0 Å². The van der Waals surface area contributed by atoms with Crippen LogP contribution in [0.3, 0.4) is 0 Å². The Morgan fingerprint density at radius 3 is 1.32 bits per heavy atom. The number of benzene rings is 10. The van der Waals surface area contributed by atoms with Crippen molar-refractivity contribution in [3.63, 3.8) is 0 Å². The predicted molar refractivity (Wildman–Crippen MR) is 254 cm³/mol. The molecule has 0 fully saturated rings. The molecule has 0 spiro atoms. The summed E-state index contributed by atoms with van der Waals surface area (Å²) in [6, 6.07) is 93.2. The topological polar surface area (TPSA) is 6.48 Å². The smallest absolute Gasteiger partial charge is 0.179 e. The first-order valence-electron chi connectivity index (χ1n) is 20.3. The minimum Gasteiger partial charge on any atom is -0.310 e. The van der Waals surface area contributed by atoms with Crippen LogP contribution >= 0.6 is 0 Å². The van der Waals surface area contributed by atoms with Gasteiger partial charge >= 0.3 is 0 Å². The van der Waals surface area contributed by atoms with Crippen molar-refractivity contribution in [2.75, 3.05) is 9.80 Å². The maximum atomic E-state index is 2.46. The quantitative estimate of drug-likeness (QED) is 0.101. The van der Waals surface area contributed by atoms with Crippen molar-refractivity contribution in [2.45, 2.75) is 0 Å². The molecule has 0 aliphatic heterocycles. The fourth-order valence-corrected chi connectivity index (χ4v) is 13.6. The van der Waals surface area contributed by atoms with Crippen LogP contribution in [0.25, 0.3) is 21.5 Å². The van der Waals surface area contributed by atoms with E-state index >= 15 is 0 Å². The van der Waals surface area contributed by atoms with Crippen LogP contribution in [-0.4, -0.2) is 8.07 Å². The molecule has 0 unspecified atom stereocenters. The van der Waals surface area contributed by atoms with Crippen molar-refractivity contribution in [3.8, 4) is 0 Å². The normalized spacial score (nSPS) is 11.4. The molecule has 3 heteroatoms. The van der Waals surface area contributed by atoms with Gasteiger partial charge in [-0.3, -0.25) is 0 Å². The van der Waals surface area contributed by atoms with Gasteiger partial charge < -0.3 is 9.80 Å². The second kappa shape index (κ2) is 15.8. The van der Waals surface area contributed by atoms with Gasteiger partial charge in [-0.15, -0.1) is 0 Å². The number of nitrogens with zero attached hydrogens (tertiary/aromatic N) is 2. The molecule has 59 heavy (non-hydrogen) atoms. The van der Waals surface area contributed by atoms with E-state index in [1.54, 1.807) is 0 Å². The van der Waals surface area contributed by atoms with Gasteiger partial charge in [0.05, 0.1) is 5.69 Å². The number of hydrogen-bond acceptors (Lipinski definition) is 2. The third kappa shape index (κ3) is 6.68. The molecule has 0 heterocycles. The van der Waals surface area contributed by atoms with E-state index < -0.39 is 8.07 Å². The highest BCUT2D eigenvalue weighted by Gasteiger charge is 2.42. The zero-order valence-electron chi connectivity index (χ0n) is 32.6.